The molecule has 8 nitrogen and oxygen atoms in total. The number of nitrogens with one attached hydrogen (secondary N) is 1. The summed E-state index contributed by atoms with van der Waals surface area (Å²) in [5.74, 6) is -2.38. The van der Waals surface area contributed by atoms with Crippen LogP contribution in [0.4, 0.5) is 17.6 Å². The van der Waals surface area contributed by atoms with E-state index in [9.17, 15) is 31.7 Å². The van der Waals surface area contributed by atoms with Gasteiger partial charge in [0.2, 0.25) is 11.7 Å². The highest BCUT2D eigenvalue weighted by Crippen LogP contribution is 2.30. The molecule has 204 valence electrons. The van der Waals surface area contributed by atoms with E-state index >= 15 is 0 Å². The molecule has 4 rings (SSSR count). The molecule has 0 aliphatic carbocycles. The normalized spacial score (nSPS) is 18.4. The van der Waals surface area contributed by atoms with Gasteiger partial charge < -0.3 is 10.4 Å². The highest BCUT2D eigenvalue weighted by molar-refractivity contribution is 7.82. The van der Waals surface area contributed by atoms with Crippen molar-refractivity contribution in [3.8, 4) is 17.0 Å². The molecule has 3 atom stereocenters. The number of rotatable bonds is 6. The zero-order chi connectivity index (χ0) is 28.0. The average Bonchev–Trinajstić information content (AvgIpc) is 3.30. The first-order chi connectivity index (χ1) is 18.0. The Kier molecular flexibility index (Phi) is 9.50. The molecular formula is C25H27F4N5O3S. The van der Waals surface area contributed by atoms with Crippen molar-refractivity contribution in [3.05, 3.63) is 66.1 Å². The van der Waals surface area contributed by atoms with Gasteiger partial charge >= 0.3 is 6.18 Å². The number of carbonyl (C=O) groups is 1. The molecule has 2 N–H and O–H groups in total. The summed E-state index contributed by atoms with van der Waals surface area (Å²) in [5, 5.41) is 12.9. The van der Waals surface area contributed by atoms with Gasteiger partial charge in [0.05, 0.1) is 16.8 Å². The largest absolute Gasteiger partial charge is 0.506 e. The van der Waals surface area contributed by atoms with Gasteiger partial charge in [-0.1, -0.05) is 13.8 Å². The molecular weight excluding hydrogens is 526 g/mol. The maximum absolute atomic E-state index is 13.3. The molecule has 38 heavy (non-hydrogen) atoms. The van der Waals surface area contributed by atoms with Crippen molar-refractivity contribution in [3.63, 3.8) is 0 Å². The Morgan fingerprint density at radius 2 is 1.74 bits per heavy atom. The molecule has 3 heterocycles. The number of halogens is 4. The molecule has 1 amide bonds. The second-order valence-corrected chi connectivity index (χ2v) is 9.61. The number of hydrogen-bond acceptors (Lipinski definition) is 6. The Morgan fingerprint density at radius 3 is 2.34 bits per heavy atom. The standard InChI is InChI=1S/C23H21F4N5O3S.C2H6/c1-13-2-7-19(32(13)36(35)17-5-3-16(24)4-6-17)21(34)29-9-14-8-18(28-12-20(14)33)15-10-30-22(31-11-15)23(25,26)27;1-2/h3-6,8,10-13,19,33H,2,7,9H2,1H3,(H,29,34);1-2H3. The van der Waals surface area contributed by atoms with Gasteiger partial charge in [0.1, 0.15) is 28.6 Å². The molecule has 0 radical (unpaired) electrons. The molecule has 0 bridgehead atoms. The van der Waals surface area contributed by atoms with Gasteiger partial charge in [-0.3, -0.25) is 9.78 Å². The molecule has 13 heteroatoms. The van der Waals surface area contributed by atoms with Gasteiger partial charge in [-0.05, 0) is 50.1 Å². The third-order valence-corrected chi connectivity index (χ3v) is 7.40. The maximum atomic E-state index is 13.3. The quantitative estimate of drug-likeness (QED) is 0.432. The fourth-order valence-corrected chi connectivity index (χ4v) is 5.33. The van der Waals surface area contributed by atoms with Crippen molar-refractivity contribution in [1.82, 2.24) is 24.6 Å². The first-order valence-electron chi connectivity index (χ1n) is 11.9. The SMILES string of the molecule is CC.CC1CCC(C(=O)NCc2cc(-c3cnc(C(F)(F)F)nc3)ncc2O)N1S(=O)c1ccc(F)cc1. The molecule has 1 aliphatic heterocycles. The summed E-state index contributed by atoms with van der Waals surface area (Å²) in [4.78, 5) is 24.0. The second kappa shape index (κ2) is 12.4. The molecule has 3 unspecified atom stereocenters. The Bertz CT molecular complexity index is 1270. The van der Waals surface area contributed by atoms with Crippen LogP contribution in [0.1, 0.15) is 45.0 Å². The predicted molar refractivity (Wildman–Crippen MR) is 132 cm³/mol. The number of benzene rings is 1. The summed E-state index contributed by atoms with van der Waals surface area (Å²) in [6.07, 6.45) is -0.537. The molecule has 0 saturated carbocycles. The van der Waals surface area contributed by atoms with E-state index in [1.165, 1.54) is 30.3 Å². The Balaban J connectivity index is 0.00000195. The number of carbonyl (C=O) groups excluding carboxylic acids is 1. The van der Waals surface area contributed by atoms with Crippen LogP contribution in [-0.2, 0) is 28.5 Å². The smallest absolute Gasteiger partial charge is 0.451 e. The number of pyridine rings is 1. The van der Waals surface area contributed by atoms with Crippen LogP contribution in [0.2, 0.25) is 0 Å². The average molecular weight is 554 g/mol. The van der Waals surface area contributed by atoms with Crippen LogP contribution in [-0.4, -0.2) is 46.6 Å². The monoisotopic (exact) mass is 553 g/mol. The summed E-state index contributed by atoms with van der Waals surface area (Å²) in [6, 6.07) is 5.76. The van der Waals surface area contributed by atoms with Crippen LogP contribution < -0.4 is 5.32 Å². The van der Waals surface area contributed by atoms with Crippen LogP contribution in [0.25, 0.3) is 11.3 Å². The molecule has 1 fully saturated rings. The maximum Gasteiger partial charge on any atom is 0.451 e. The van der Waals surface area contributed by atoms with E-state index < -0.39 is 40.8 Å². The number of amides is 1. The molecule has 1 aromatic carbocycles. The third-order valence-electron chi connectivity index (χ3n) is 5.73. The van der Waals surface area contributed by atoms with Crippen molar-refractivity contribution in [1.29, 1.82) is 0 Å². The van der Waals surface area contributed by atoms with E-state index in [0.29, 0.717) is 17.7 Å². The first kappa shape index (κ1) is 29.1. The number of alkyl halides is 3. The van der Waals surface area contributed by atoms with Crippen LogP contribution in [0, 0.1) is 5.82 Å². The fourth-order valence-electron chi connectivity index (χ4n) is 3.86. The summed E-state index contributed by atoms with van der Waals surface area (Å²) in [5.41, 5.74) is 0.672. The van der Waals surface area contributed by atoms with Crippen LogP contribution in [0.5, 0.6) is 5.75 Å². The molecule has 0 spiro atoms. The molecule has 1 saturated heterocycles. The Morgan fingerprint density at radius 1 is 1.11 bits per heavy atom. The van der Waals surface area contributed by atoms with Crippen molar-refractivity contribution in [2.24, 2.45) is 0 Å². The fraction of sp³-hybridized carbons (Fsp3) is 0.360. The van der Waals surface area contributed by atoms with Crippen LogP contribution >= 0.6 is 0 Å². The number of nitrogens with zero attached hydrogens (tertiary/aromatic N) is 4. The van der Waals surface area contributed by atoms with E-state index in [-0.39, 0.29) is 35.2 Å². The Hall–Kier alpha value is -3.45. The minimum Gasteiger partial charge on any atom is -0.506 e. The molecule has 2 aromatic heterocycles. The lowest BCUT2D eigenvalue weighted by Gasteiger charge is -2.26. The van der Waals surface area contributed by atoms with Gasteiger partial charge in [0.15, 0.2) is 0 Å². The zero-order valence-corrected chi connectivity index (χ0v) is 21.7. The number of hydrogen-bond donors (Lipinski definition) is 2. The minimum atomic E-state index is -4.68. The predicted octanol–water partition coefficient (Wildman–Crippen LogP) is 4.62. The molecule has 1 aliphatic rings. The molecule has 3 aromatic rings. The summed E-state index contributed by atoms with van der Waals surface area (Å²) >= 11 is 0. The van der Waals surface area contributed by atoms with Gasteiger partial charge in [-0.2, -0.15) is 13.2 Å². The topological polar surface area (TPSA) is 108 Å². The summed E-state index contributed by atoms with van der Waals surface area (Å²) in [7, 11) is -1.68. The Labute approximate surface area is 219 Å². The van der Waals surface area contributed by atoms with Gasteiger partial charge in [0, 0.05) is 36.1 Å². The van der Waals surface area contributed by atoms with Crippen LogP contribution in [0.3, 0.4) is 0 Å². The lowest BCUT2D eigenvalue weighted by molar-refractivity contribution is -0.145. The summed E-state index contributed by atoms with van der Waals surface area (Å²) in [6.45, 7) is 5.74. The highest BCUT2D eigenvalue weighted by Gasteiger charge is 2.39. The second-order valence-electron chi connectivity index (χ2n) is 8.21. The highest BCUT2D eigenvalue weighted by atomic mass is 32.2. The van der Waals surface area contributed by atoms with Crippen molar-refractivity contribution >= 4 is 16.9 Å². The zero-order valence-electron chi connectivity index (χ0n) is 20.9. The van der Waals surface area contributed by atoms with Crippen molar-refractivity contribution < 1.29 is 31.7 Å². The van der Waals surface area contributed by atoms with Crippen molar-refractivity contribution in [2.75, 3.05) is 0 Å². The van der Waals surface area contributed by atoms with Crippen LogP contribution in [0.15, 0.2) is 53.8 Å². The van der Waals surface area contributed by atoms with Gasteiger partial charge in [-0.15, -0.1) is 0 Å². The summed E-state index contributed by atoms with van der Waals surface area (Å²) < 4.78 is 66.0. The first-order valence-corrected chi connectivity index (χ1v) is 13.0. The van der Waals surface area contributed by atoms with Crippen molar-refractivity contribution in [2.45, 2.75) is 63.3 Å². The van der Waals surface area contributed by atoms with E-state index in [1.807, 2.05) is 20.8 Å². The number of aromatic nitrogens is 3. The van der Waals surface area contributed by atoms with Gasteiger partial charge in [0.25, 0.3) is 0 Å². The van der Waals surface area contributed by atoms with E-state index in [4.69, 9.17) is 0 Å². The lowest BCUT2D eigenvalue weighted by atomic mass is 10.1. The van der Waals surface area contributed by atoms with Gasteiger partial charge in [-0.25, -0.2) is 22.9 Å². The van der Waals surface area contributed by atoms with E-state index in [1.54, 1.807) is 4.31 Å². The third kappa shape index (κ3) is 6.70. The van der Waals surface area contributed by atoms with E-state index in [0.717, 1.165) is 18.6 Å². The number of aromatic hydroxyl groups is 1. The lowest BCUT2D eigenvalue weighted by Crippen LogP contribution is -2.45. The minimum absolute atomic E-state index is 0.108. The van der Waals surface area contributed by atoms with E-state index in [2.05, 4.69) is 20.3 Å².